The van der Waals surface area contributed by atoms with Crippen LogP contribution in [0.2, 0.25) is 0 Å². The lowest BCUT2D eigenvalue weighted by atomic mass is 10.0. The lowest BCUT2D eigenvalue weighted by Gasteiger charge is -2.15. The minimum Gasteiger partial charge on any atom is -0.325 e. The summed E-state index contributed by atoms with van der Waals surface area (Å²) >= 11 is 0. The first-order valence-electron chi connectivity index (χ1n) is 5.24. The smallest absolute Gasteiger partial charge is 0.241 e. The van der Waals surface area contributed by atoms with Gasteiger partial charge >= 0.3 is 0 Å². The average molecular weight is 224 g/mol. The van der Waals surface area contributed by atoms with Gasteiger partial charge in [0.05, 0.1) is 6.04 Å². The fourth-order valence-corrected chi connectivity index (χ4v) is 1.25. The Kier molecular flexibility index (Phi) is 4.01. The van der Waals surface area contributed by atoms with Crippen molar-refractivity contribution in [3.63, 3.8) is 0 Å². The minimum atomic E-state index is -0.551. The van der Waals surface area contributed by atoms with Crippen molar-refractivity contribution in [2.75, 3.05) is 5.32 Å². The van der Waals surface area contributed by atoms with E-state index < -0.39 is 6.04 Å². The maximum Gasteiger partial charge on any atom is 0.241 e. The van der Waals surface area contributed by atoms with Crippen LogP contribution in [-0.4, -0.2) is 11.9 Å². The molecule has 4 heteroatoms. The van der Waals surface area contributed by atoms with Gasteiger partial charge in [-0.05, 0) is 36.6 Å². The maximum atomic E-state index is 13.0. The molecule has 88 valence electrons. The number of amides is 1. The van der Waals surface area contributed by atoms with Gasteiger partial charge in [0.15, 0.2) is 0 Å². The van der Waals surface area contributed by atoms with Crippen molar-refractivity contribution >= 4 is 11.6 Å². The van der Waals surface area contributed by atoms with E-state index >= 15 is 0 Å². The van der Waals surface area contributed by atoms with Crippen LogP contribution >= 0.6 is 0 Å². The number of nitrogens with one attached hydrogen (secondary N) is 1. The van der Waals surface area contributed by atoms with E-state index in [-0.39, 0.29) is 17.6 Å². The van der Waals surface area contributed by atoms with Gasteiger partial charge in [-0.15, -0.1) is 0 Å². The second-order valence-electron chi connectivity index (χ2n) is 4.22. The second kappa shape index (κ2) is 5.07. The Bertz CT molecular complexity index is 391. The monoisotopic (exact) mass is 224 g/mol. The van der Waals surface area contributed by atoms with Crippen LogP contribution in [0.15, 0.2) is 18.2 Å². The highest BCUT2D eigenvalue weighted by atomic mass is 19.1. The molecule has 0 heterocycles. The normalized spacial score (nSPS) is 12.6. The molecule has 0 aromatic heterocycles. The van der Waals surface area contributed by atoms with Crippen LogP contribution < -0.4 is 11.1 Å². The van der Waals surface area contributed by atoms with Gasteiger partial charge in [-0.3, -0.25) is 4.79 Å². The molecule has 0 bridgehead atoms. The summed E-state index contributed by atoms with van der Waals surface area (Å²) in [6.07, 6.45) is 0. The Balaban J connectivity index is 2.74. The van der Waals surface area contributed by atoms with Crippen molar-refractivity contribution in [3.8, 4) is 0 Å². The fraction of sp³-hybridized carbons (Fsp3) is 0.417. The summed E-state index contributed by atoms with van der Waals surface area (Å²) < 4.78 is 13.0. The Morgan fingerprint density at radius 3 is 2.56 bits per heavy atom. The number of anilines is 1. The van der Waals surface area contributed by atoms with Crippen LogP contribution in [0.1, 0.15) is 19.4 Å². The Labute approximate surface area is 94.8 Å². The molecule has 3 N–H and O–H groups in total. The number of benzene rings is 1. The van der Waals surface area contributed by atoms with Gasteiger partial charge in [0.2, 0.25) is 5.91 Å². The first kappa shape index (κ1) is 12.6. The van der Waals surface area contributed by atoms with Crippen LogP contribution in [0.3, 0.4) is 0 Å². The number of carbonyl (C=O) groups is 1. The van der Waals surface area contributed by atoms with Crippen LogP contribution in [-0.2, 0) is 4.79 Å². The molecule has 0 fully saturated rings. The van der Waals surface area contributed by atoms with E-state index in [0.29, 0.717) is 11.3 Å². The number of rotatable bonds is 3. The molecule has 1 aromatic rings. The topological polar surface area (TPSA) is 55.1 Å². The lowest BCUT2D eigenvalue weighted by Crippen LogP contribution is -2.39. The van der Waals surface area contributed by atoms with Gasteiger partial charge in [0.1, 0.15) is 5.82 Å². The van der Waals surface area contributed by atoms with Gasteiger partial charge in [-0.25, -0.2) is 4.39 Å². The number of aryl methyl sites for hydroxylation is 1. The molecule has 0 aliphatic rings. The van der Waals surface area contributed by atoms with Gasteiger partial charge in [-0.1, -0.05) is 13.8 Å². The molecule has 0 aliphatic heterocycles. The van der Waals surface area contributed by atoms with E-state index in [4.69, 9.17) is 5.73 Å². The highest BCUT2D eigenvalue weighted by molar-refractivity contribution is 5.94. The highest BCUT2D eigenvalue weighted by Crippen LogP contribution is 2.14. The fourth-order valence-electron chi connectivity index (χ4n) is 1.25. The SMILES string of the molecule is Cc1cc(NC(=O)[C@@H](N)C(C)C)ccc1F. The van der Waals surface area contributed by atoms with E-state index in [9.17, 15) is 9.18 Å². The van der Waals surface area contributed by atoms with E-state index in [1.54, 1.807) is 13.0 Å². The van der Waals surface area contributed by atoms with Crippen LogP contribution in [0, 0.1) is 18.7 Å². The van der Waals surface area contributed by atoms with E-state index in [0.717, 1.165) is 0 Å². The van der Waals surface area contributed by atoms with Crippen molar-refractivity contribution < 1.29 is 9.18 Å². The van der Waals surface area contributed by atoms with Crippen molar-refractivity contribution in [2.45, 2.75) is 26.8 Å². The lowest BCUT2D eigenvalue weighted by molar-refractivity contribution is -0.118. The molecule has 0 unspecified atom stereocenters. The summed E-state index contributed by atoms with van der Waals surface area (Å²) in [5.41, 5.74) is 6.76. The van der Waals surface area contributed by atoms with Crippen LogP contribution in [0.4, 0.5) is 10.1 Å². The molecular formula is C12H17FN2O. The third kappa shape index (κ3) is 3.03. The van der Waals surface area contributed by atoms with Crippen molar-refractivity contribution in [1.29, 1.82) is 0 Å². The van der Waals surface area contributed by atoms with Crippen LogP contribution in [0.25, 0.3) is 0 Å². The maximum absolute atomic E-state index is 13.0. The summed E-state index contributed by atoms with van der Waals surface area (Å²) in [6.45, 7) is 5.40. The van der Waals surface area contributed by atoms with E-state index in [2.05, 4.69) is 5.32 Å². The second-order valence-corrected chi connectivity index (χ2v) is 4.22. The molecule has 0 aliphatic carbocycles. The molecule has 0 saturated carbocycles. The summed E-state index contributed by atoms with van der Waals surface area (Å²) in [5, 5.41) is 2.66. The first-order valence-corrected chi connectivity index (χ1v) is 5.24. The average Bonchev–Trinajstić information content (AvgIpc) is 2.22. The van der Waals surface area contributed by atoms with E-state index in [1.807, 2.05) is 13.8 Å². The Hall–Kier alpha value is -1.42. The number of hydrogen-bond acceptors (Lipinski definition) is 2. The summed E-state index contributed by atoms with van der Waals surface area (Å²) in [4.78, 5) is 11.6. The van der Waals surface area contributed by atoms with Crippen molar-refractivity contribution in [3.05, 3.63) is 29.6 Å². The number of carbonyl (C=O) groups excluding carboxylic acids is 1. The minimum absolute atomic E-state index is 0.0709. The predicted octanol–water partition coefficient (Wildman–Crippen LogP) is 2.06. The molecule has 1 amide bonds. The number of hydrogen-bond donors (Lipinski definition) is 2. The molecule has 1 rings (SSSR count). The zero-order valence-electron chi connectivity index (χ0n) is 9.75. The van der Waals surface area contributed by atoms with Crippen LogP contribution in [0.5, 0.6) is 0 Å². The number of halogens is 1. The molecular weight excluding hydrogens is 207 g/mol. The number of nitrogens with two attached hydrogens (primary N) is 1. The molecule has 0 spiro atoms. The molecule has 1 aromatic carbocycles. The van der Waals surface area contributed by atoms with Gasteiger partial charge in [0.25, 0.3) is 0 Å². The highest BCUT2D eigenvalue weighted by Gasteiger charge is 2.17. The molecule has 0 saturated heterocycles. The third-order valence-corrected chi connectivity index (χ3v) is 2.45. The zero-order valence-corrected chi connectivity index (χ0v) is 9.75. The van der Waals surface area contributed by atoms with Gasteiger partial charge in [-0.2, -0.15) is 0 Å². The van der Waals surface area contributed by atoms with Crippen molar-refractivity contribution in [2.24, 2.45) is 11.7 Å². The molecule has 0 radical (unpaired) electrons. The summed E-state index contributed by atoms with van der Waals surface area (Å²) in [6, 6.07) is 3.88. The largest absolute Gasteiger partial charge is 0.325 e. The quantitative estimate of drug-likeness (QED) is 0.825. The predicted molar refractivity (Wildman–Crippen MR) is 62.6 cm³/mol. The molecule has 1 atom stereocenters. The summed E-state index contributed by atoms with van der Waals surface area (Å²) in [7, 11) is 0. The van der Waals surface area contributed by atoms with E-state index in [1.165, 1.54) is 12.1 Å². The van der Waals surface area contributed by atoms with Gasteiger partial charge in [0, 0.05) is 5.69 Å². The third-order valence-electron chi connectivity index (χ3n) is 2.45. The Morgan fingerprint density at radius 2 is 2.06 bits per heavy atom. The van der Waals surface area contributed by atoms with Gasteiger partial charge < -0.3 is 11.1 Å². The van der Waals surface area contributed by atoms with Crippen molar-refractivity contribution in [1.82, 2.24) is 0 Å². The molecule has 3 nitrogen and oxygen atoms in total. The standard InChI is InChI=1S/C12H17FN2O/c1-7(2)11(14)12(16)15-9-4-5-10(13)8(3)6-9/h4-7,11H,14H2,1-3H3,(H,15,16)/t11-/m0/s1. The Morgan fingerprint density at radius 1 is 1.44 bits per heavy atom. The first-order chi connectivity index (χ1) is 7.41. The summed E-state index contributed by atoms with van der Waals surface area (Å²) in [5.74, 6) is -0.464. The zero-order chi connectivity index (χ0) is 12.3. The molecule has 16 heavy (non-hydrogen) atoms.